The Morgan fingerprint density at radius 2 is 1.73 bits per heavy atom. The summed E-state index contributed by atoms with van der Waals surface area (Å²) < 4.78 is 11.8. The van der Waals surface area contributed by atoms with E-state index in [1.54, 1.807) is 19.9 Å². The summed E-state index contributed by atoms with van der Waals surface area (Å²) in [5, 5.41) is 41.6. The lowest BCUT2D eigenvalue weighted by Gasteiger charge is -2.33. The normalized spacial score (nSPS) is 15.9. The number of rotatable bonds is 3. The van der Waals surface area contributed by atoms with Crippen LogP contribution >= 0.6 is 0 Å². The summed E-state index contributed by atoms with van der Waals surface area (Å²) in [5.74, 6) is -0.574. The first-order chi connectivity index (χ1) is 13.9. The Kier molecular flexibility index (Phi) is 4.43. The molecule has 0 radical (unpaired) electrons. The first kappa shape index (κ1) is 20.3. The van der Waals surface area contributed by atoms with Gasteiger partial charge in [-0.05, 0) is 53.4 Å². The number of ether oxygens (including phenoxy) is 1. The lowest BCUT2D eigenvalue weighted by Crippen LogP contribution is -2.32. The van der Waals surface area contributed by atoms with Crippen molar-refractivity contribution in [2.45, 2.75) is 64.6 Å². The molecule has 1 aromatic heterocycles. The van der Waals surface area contributed by atoms with Gasteiger partial charge in [-0.2, -0.15) is 0 Å². The Hall–Kier alpha value is -2.93. The second-order valence-corrected chi connectivity index (χ2v) is 9.28. The molecule has 4 rings (SSSR count). The van der Waals surface area contributed by atoms with E-state index in [4.69, 9.17) is 9.15 Å². The summed E-state index contributed by atoms with van der Waals surface area (Å²) >= 11 is 0. The number of phenols is 3. The molecular weight excluding hydrogens is 388 g/mol. The Labute approximate surface area is 173 Å². The Morgan fingerprint density at radius 3 is 2.40 bits per heavy atom. The third-order valence-electron chi connectivity index (χ3n) is 5.70. The van der Waals surface area contributed by atoms with Crippen LogP contribution in [0.1, 0.15) is 51.7 Å². The second kappa shape index (κ2) is 6.54. The monoisotopic (exact) mass is 414 g/mol. The number of aromatic hydroxyl groups is 3. The molecule has 2 heterocycles. The van der Waals surface area contributed by atoms with Crippen molar-refractivity contribution >= 4 is 21.9 Å². The van der Waals surface area contributed by atoms with Crippen molar-refractivity contribution in [1.82, 2.24) is 0 Å². The van der Waals surface area contributed by atoms with E-state index in [2.05, 4.69) is 0 Å². The van der Waals surface area contributed by atoms with Gasteiger partial charge in [-0.25, -0.2) is 0 Å². The highest BCUT2D eigenvalue weighted by atomic mass is 16.5. The average Bonchev–Trinajstić information content (AvgIpc) is 2.60. The van der Waals surface area contributed by atoms with E-state index >= 15 is 0 Å². The molecule has 30 heavy (non-hydrogen) atoms. The molecule has 0 saturated heterocycles. The molecule has 0 saturated carbocycles. The Bertz CT molecular complexity index is 1230. The first-order valence-corrected chi connectivity index (χ1v) is 9.98. The minimum atomic E-state index is -1.04. The Balaban J connectivity index is 2.03. The van der Waals surface area contributed by atoms with Crippen LogP contribution in [-0.2, 0) is 12.8 Å². The van der Waals surface area contributed by atoms with Gasteiger partial charge in [0.1, 0.15) is 33.7 Å². The topological polar surface area (TPSA) is 120 Å². The largest absolute Gasteiger partial charge is 0.507 e. The van der Waals surface area contributed by atoms with Gasteiger partial charge in [-0.15, -0.1) is 0 Å². The minimum Gasteiger partial charge on any atom is -0.507 e. The second-order valence-electron chi connectivity index (χ2n) is 9.28. The van der Waals surface area contributed by atoms with Gasteiger partial charge in [0.25, 0.3) is 0 Å². The van der Waals surface area contributed by atoms with E-state index < -0.39 is 28.1 Å². The molecule has 0 bridgehead atoms. The first-order valence-electron chi connectivity index (χ1n) is 9.98. The van der Waals surface area contributed by atoms with Crippen molar-refractivity contribution in [2.24, 2.45) is 0 Å². The average molecular weight is 414 g/mol. The smallest absolute Gasteiger partial charge is 0.204 e. The van der Waals surface area contributed by atoms with Crippen LogP contribution in [0.25, 0.3) is 21.9 Å². The van der Waals surface area contributed by atoms with Crippen LogP contribution in [0, 0.1) is 0 Å². The molecule has 0 amide bonds. The molecule has 0 fully saturated rings. The van der Waals surface area contributed by atoms with Crippen molar-refractivity contribution < 1.29 is 29.6 Å². The third kappa shape index (κ3) is 3.33. The van der Waals surface area contributed by atoms with Crippen molar-refractivity contribution in [2.75, 3.05) is 0 Å². The van der Waals surface area contributed by atoms with E-state index in [1.807, 2.05) is 13.8 Å². The molecule has 0 aliphatic carbocycles. The summed E-state index contributed by atoms with van der Waals surface area (Å²) in [5.41, 5.74) is -0.988. The predicted octanol–water partition coefficient (Wildman–Crippen LogP) is 3.87. The van der Waals surface area contributed by atoms with Crippen LogP contribution < -0.4 is 10.2 Å². The van der Waals surface area contributed by atoms with Crippen molar-refractivity contribution in [1.29, 1.82) is 0 Å². The van der Waals surface area contributed by atoms with Crippen LogP contribution in [0.4, 0.5) is 0 Å². The molecule has 160 valence electrons. The molecule has 0 spiro atoms. The van der Waals surface area contributed by atoms with Gasteiger partial charge < -0.3 is 29.6 Å². The number of hydrogen-bond donors (Lipinski definition) is 4. The van der Waals surface area contributed by atoms with Crippen LogP contribution in [0.5, 0.6) is 23.0 Å². The molecule has 0 unspecified atom stereocenters. The molecule has 4 N–H and O–H groups in total. The molecule has 0 atom stereocenters. The molecular formula is C23H26O7. The number of benzene rings is 2. The SMILES string of the molecule is CC(C)(O)CCc1c(O)c(O)cc2oc3cc4c(c(O)c3c(=O)c12)CCC(C)(C)O4. The number of phenolic OH excluding ortho intramolecular Hbond substituents is 3. The molecule has 7 heteroatoms. The van der Waals surface area contributed by atoms with Gasteiger partial charge in [0.05, 0.1) is 11.0 Å². The molecule has 1 aliphatic rings. The predicted molar refractivity (Wildman–Crippen MR) is 113 cm³/mol. The van der Waals surface area contributed by atoms with E-state index in [0.29, 0.717) is 24.2 Å². The Morgan fingerprint density at radius 1 is 1.07 bits per heavy atom. The summed E-state index contributed by atoms with van der Waals surface area (Å²) in [6.07, 6.45) is 1.62. The van der Waals surface area contributed by atoms with E-state index in [0.717, 1.165) is 0 Å². The summed E-state index contributed by atoms with van der Waals surface area (Å²) in [6.45, 7) is 7.13. The highest BCUT2D eigenvalue weighted by molar-refractivity contribution is 5.97. The number of fused-ring (bicyclic) bond motifs is 3. The summed E-state index contributed by atoms with van der Waals surface area (Å²) in [6, 6.07) is 2.77. The molecule has 2 aromatic carbocycles. The van der Waals surface area contributed by atoms with Gasteiger partial charge in [0.15, 0.2) is 11.5 Å². The quantitative estimate of drug-likeness (QED) is 0.379. The molecule has 7 nitrogen and oxygen atoms in total. The standard InChI is InChI=1S/C23H26O7/c1-22(2,28)7-5-12-17-15(9-13(24)19(12)25)29-16-10-14-11(6-8-23(3,4)30-14)20(26)18(16)21(17)27/h9-10,24-26,28H,5-8H2,1-4H3. The lowest BCUT2D eigenvalue weighted by molar-refractivity contribution is 0.0713. The van der Waals surface area contributed by atoms with Crippen molar-refractivity contribution in [3.05, 3.63) is 33.5 Å². The fraction of sp³-hybridized carbons (Fsp3) is 0.435. The van der Waals surface area contributed by atoms with E-state index in [9.17, 15) is 25.2 Å². The minimum absolute atomic E-state index is 0.0131. The van der Waals surface area contributed by atoms with Gasteiger partial charge in [0.2, 0.25) is 5.43 Å². The maximum atomic E-state index is 13.4. The van der Waals surface area contributed by atoms with Gasteiger partial charge in [-0.1, -0.05) is 0 Å². The number of hydrogen-bond acceptors (Lipinski definition) is 7. The number of aliphatic hydroxyl groups is 1. The van der Waals surface area contributed by atoms with Crippen LogP contribution in [0.2, 0.25) is 0 Å². The zero-order chi connectivity index (χ0) is 22.0. The van der Waals surface area contributed by atoms with Crippen LogP contribution in [0.15, 0.2) is 21.3 Å². The van der Waals surface area contributed by atoms with Gasteiger partial charge in [0, 0.05) is 23.3 Å². The fourth-order valence-corrected chi connectivity index (χ4v) is 4.00. The van der Waals surface area contributed by atoms with Gasteiger partial charge >= 0.3 is 0 Å². The van der Waals surface area contributed by atoms with Crippen LogP contribution in [-0.4, -0.2) is 31.6 Å². The van der Waals surface area contributed by atoms with E-state index in [-0.39, 0.29) is 46.1 Å². The van der Waals surface area contributed by atoms with Crippen LogP contribution in [0.3, 0.4) is 0 Å². The fourth-order valence-electron chi connectivity index (χ4n) is 4.00. The third-order valence-corrected chi connectivity index (χ3v) is 5.70. The van der Waals surface area contributed by atoms with E-state index in [1.165, 1.54) is 6.07 Å². The highest BCUT2D eigenvalue weighted by Crippen LogP contribution is 2.44. The zero-order valence-corrected chi connectivity index (χ0v) is 17.5. The summed E-state index contributed by atoms with van der Waals surface area (Å²) in [7, 11) is 0. The highest BCUT2D eigenvalue weighted by Gasteiger charge is 2.31. The molecule has 1 aliphatic heterocycles. The summed E-state index contributed by atoms with van der Waals surface area (Å²) in [4.78, 5) is 13.4. The van der Waals surface area contributed by atoms with Crippen molar-refractivity contribution in [3.63, 3.8) is 0 Å². The zero-order valence-electron chi connectivity index (χ0n) is 17.5. The van der Waals surface area contributed by atoms with Crippen molar-refractivity contribution in [3.8, 4) is 23.0 Å². The van der Waals surface area contributed by atoms with Gasteiger partial charge in [-0.3, -0.25) is 4.79 Å². The molecule has 3 aromatic rings. The maximum Gasteiger partial charge on any atom is 0.204 e. The number of aryl methyl sites for hydroxylation is 1. The maximum absolute atomic E-state index is 13.4. The lowest BCUT2D eigenvalue weighted by atomic mass is 9.91.